The molecule has 0 fully saturated rings. The molecule has 0 aromatic rings. The molecule has 8 heavy (non-hydrogen) atoms. The van der Waals surface area contributed by atoms with Gasteiger partial charge in [-0.1, -0.05) is 18.8 Å². The van der Waals surface area contributed by atoms with E-state index in [0.717, 1.165) is 0 Å². The summed E-state index contributed by atoms with van der Waals surface area (Å²) in [5.74, 6) is 0. The molecule has 3 nitrogen and oxygen atoms in total. The lowest BCUT2D eigenvalue weighted by molar-refractivity contribution is 1.29. The van der Waals surface area contributed by atoms with E-state index in [4.69, 9.17) is 0 Å². The molecule has 0 N–H and O–H groups in total. The highest BCUT2D eigenvalue weighted by atomic mass is 32.1. The summed E-state index contributed by atoms with van der Waals surface area (Å²) >= 11 is 4.65. The van der Waals surface area contributed by atoms with Gasteiger partial charge in [0, 0.05) is 0 Å². The van der Waals surface area contributed by atoms with E-state index in [1.54, 1.807) is 0 Å². The Morgan fingerprint density at radius 2 is 2.38 bits per heavy atom. The fraction of sp³-hybridized carbons (Fsp3) is 0. The van der Waals surface area contributed by atoms with E-state index in [9.17, 15) is 0 Å². The number of azo groups is 1. The van der Waals surface area contributed by atoms with Gasteiger partial charge >= 0.3 is 0 Å². The predicted molar refractivity (Wildman–Crippen MR) is 35.1 cm³/mol. The third kappa shape index (κ3) is 0.840. The summed E-state index contributed by atoms with van der Waals surface area (Å²) in [7, 11) is 0. The Morgan fingerprint density at radius 1 is 1.62 bits per heavy atom. The van der Waals surface area contributed by atoms with Gasteiger partial charge in [-0.15, -0.1) is 10.2 Å². The third-order valence-electron chi connectivity index (χ3n) is 0.661. The number of hydrogen-bond donors (Lipinski definition) is 0. The van der Waals surface area contributed by atoms with Crippen LogP contribution < -0.4 is 0 Å². The highest BCUT2D eigenvalue weighted by Gasteiger charge is 1.99. The van der Waals surface area contributed by atoms with Crippen molar-refractivity contribution in [3.63, 3.8) is 0 Å². The number of nitrogens with zero attached hydrogens (tertiary/aromatic N) is 3. The maximum atomic E-state index is 4.65. The van der Waals surface area contributed by atoms with E-state index in [1.807, 2.05) is 0 Å². The molecule has 0 aromatic carbocycles. The molecule has 0 aliphatic carbocycles. The van der Waals surface area contributed by atoms with Crippen molar-refractivity contribution in [1.29, 1.82) is 0 Å². The highest BCUT2D eigenvalue weighted by molar-refractivity contribution is 7.80. The average molecular weight is 125 g/mol. The maximum Gasteiger partial charge on any atom is 0.173 e. The second-order valence-electron chi connectivity index (χ2n) is 1.21. The van der Waals surface area contributed by atoms with Crippen LogP contribution in [0, 0.1) is 0 Å². The fourth-order valence-corrected chi connectivity index (χ4v) is 0.387. The summed E-state index contributed by atoms with van der Waals surface area (Å²) in [6.45, 7) is 3.50. The van der Waals surface area contributed by atoms with Crippen LogP contribution in [0.2, 0.25) is 0 Å². The molecule has 4 heteroatoms. The zero-order chi connectivity index (χ0) is 5.98. The largest absolute Gasteiger partial charge is 0.232 e. The van der Waals surface area contributed by atoms with Gasteiger partial charge in [0.15, 0.2) is 4.99 Å². The molecule has 0 atom stereocenters. The summed E-state index contributed by atoms with van der Waals surface area (Å²) in [6.07, 6.45) is 1.32. The van der Waals surface area contributed by atoms with Crippen LogP contribution in [0.1, 0.15) is 0 Å². The molecular formula is C4H3N3S. The van der Waals surface area contributed by atoms with Gasteiger partial charge in [0.1, 0.15) is 6.34 Å². The summed E-state index contributed by atoms with van der Waals surface area (Å²) < 4.78 is 0. The van der Waals surface area contributed by atoms with Gasteiger partial charge in [0.25, 0.3) is 0 Å². The van der Waals surface area contributed by atoms with Crippen LogP contribution in [0.4, 0.5) is 0 Å². The first kappa shape index (κ1) is 5.24. The Morgan fingerprint density at radius 3 is 2.75 bits per heavy atom. The van der Waals surface area contributed by atoms with Gasteiger partial charge in [-0.05, 0) is 0 Å². The van der Waals surface area contributed by atoms with Crippen molar-refractivity contribution in [1.82, 2.24) is 0 Å². The second-order valence-corrected chi connectivity index (χ2v) is 1.60. The van der Waals surface area contributed by atoms with Crippen LogP contribution in [0.5, 0.6) is 0 Å². The van der Waals surface area contributed by atoms with Crippen molar-refractivity contribution < 1.29 is 0 Å². The predicted octanol–water partition coefficient (Wildman–Crippen LogP) is 1.32. The van der Waals surface area contributed by atoms with Crippen molar-refractivity contribution >= 4 is 23.5 Å². The van der Waals surface area contributed by atoms with Gasteiger partial charge in [-0.25, -0.2) is 4.99 Å². The molecule has 0 aromatic heterocycles. The van der Waals surface area contributed by atoms with Gasteiger partial charge < -0.3 is 0 Å². The topological polar surface area (TPSA) is 37.1 Å². The molecule has 40 valence electrons. The van der Waals surface area contributed by atoms with Crippen LogP contribution in [0.15, 0.2) is 27.5 Å². The van der Waals surface area contributed by atoms with Crippen LogP contribution >= 0.6 is 12.2 Å². The molecule has 1 aliphatic heterocycles. The normalized spacial score (nSPS) is 17.5. The van der Waals surface area contributed by atoms with Crippen molar-refractivity contribution in [2.24, 2.45) is 15.2 Å². The van der Waals surface area contributed by atoms with Crippen molar-refractivity contribution in [3.8, 4) is 0 Å². The molecule has 0 spiro atoms. The molecular weight excluding hydrogens is 122 g/mol. The minimum atomic E-state index is 0.368. The summed E-state index contributed by atoms with van der Waals surface area (Å²) in [5.41, 5.74) is 0.509. The van der Waals surface area contributed by atoms with Gasteiger partial charge in [0.2, 0.25) is 0 Å². The van der Waals surface area contributed by atoms with Gasteiger partial charge in [-0.2, -0.15) is 0 Å². The lowest BCUT2D eigenvalue weighted by Gasteiger charge is -1.94. The monoisotopic (exact) mass is 125 g/mol. The van der Waals surface area contributed by atoms with Crippen LogP contribution in [-0.4, -0.2) is 11.3 Å². The molecule has 1 heterocycles. The van der Waals surface area contributed by atoms with E-state index in [2.05, 4.69) is 34.0 Å². The Hall–Kier alpha value is -0.900. The van der Waals surface area contributed by atoms with Crippen molar-refractivity contribution in [2.45, 2.75) is 0 Å². The number of hydrogen-bond acceptors (Lipinski definition) is 3. The molecule has 0 bridgehead atoms. The quantitative estimate of drug-likeness (QED) is 0.355. The summed E-state index contributed by atoms with van der Waals surface area (Å²) in [6, 6.07) is 0. The zero-order valence-corrected chi connectivity index (χ0v) is 4.85. The lowest BCUT2D eigenvalue weighted by Crippen LogP contribution is -1.94. The molecule has 0 amide bonds. The molecule has 0 saturated carbocycles. The van der Waals surface area contributed by atoms with Crippen LogP contribution in [0.3, 0.4) is 0 Å². The standard InChI is InChI=1S/C4H3N3S/c1-3-4(8)7-6-2-5-3/h2H,1H2. The molecule has 1 rings (SSSR count). The smallest absolute Gasteiger partial charge is 0.173 e. The van der Waals surface area contributed by atoms with Crippen LogP contribution in [0.25, 0.3) is 0 Å². The average Bonchev–Trinajstić information content (AvgIpc) is 1.77. The third-order valence-corrected chi connectivity index (χ3v) is 0.978. The number of aliphatic imine (C=N–C) groups is 1. The van der Waals surface area contributed by atoms with Crippen LogP contribution in [-0.2, 0) is 0 Å². The molecule has 0 saturated heterocycles. The second kappa shape index (κ2) is 1.92. The minimum absolute atomic E-state index is 0.368. The highest BCUT2D eigenvalue weighted by Crippen LogP contribution is 2.01. The summed E-state index contributed by atoms with van der Waals surface area (Å²) in [5, 5.41) is 6.96. The van der Waals surface area contributed by atoms with E-state index >= 15 is 0 Å². The van der Waals surface area contributed by atoms with Gasteiger partial charge in [0.05, 0.1) is 5.70 Å². The minimum Gasteiger partial charge on any atom is -0.232 e. The van der Waals surface area contributed by atoms with Gasteiger partial charge in [-0.3, -0.25) is 0 Å². The SMILES string of the molecule is C=C1N=CN=NC1=S. The Labute approximate surface area is 51.8 Å². The first-order valence-electron chi connectivity index (χ1n) is 1.97. The fourth-order valence-electron chi connectivity index (χ4n) is 0.287. The van der Waals surface area contributed by atoms with E-state index in [1.165, 1.54) is 6.34 Å². The summed E-state index contributed by atoms with van der Waals surface area (Å²) in [4.78, 5) is 4.06. The zero-order valence-electron chi connectivity index (χ0n) is 4.03. The van der Waals surface area contributed by atoms with E-state index < -0.39 is 0 Å². The Bertz CT molecular complexity index is 169. The maximum absolute atomic E-state index is 4.65. The molecule has 0 radical (unpaired) electrons. The van der Waals surface area contributed by atoms with Crippen molar-refractivity contribution in [2.75, 3.05) is 0 Å². The van der Waals surface area contributed by atoms with E-state index in [0.29, 0.717) is 10.7 Å². The molecule has 1 aliphatic rings. The first-order chi connectivity index (χ1) is 3.80. The lowest BCUT2D eigenvalue weighted by atomic mass is 10.5. The van der Waals surface area contributed by atoms with E-state index in [-0.39, 0.29) is 0 Å². The molecule has 0 unspecified atom stereocenters. The number of rotatable bonds is 0. The first-order valence-corrected chi connectivity index (χ1v) is 2.38. The Kier molecular flexibility index (Phi) is 1.26. The Balaban J connectivity index is 2.89. The van der Waals surface area contributed by atoms with Crippen molar-refractivity contribution in [3.05, 3.63) is 12.3 Å². The number of thiocarbonyl (C=S) groups is 1.